The molecule has 0 heterocycles. The van der Waals surface area contributed by atoms with Gasteiger partial charge in [0.2, 0.25) is 5.91 Å². The second-order valence-corrected chi connectivity index (χ2v) is 3.06. The maximum Gasteiger partial charge on any atom is 0.250 e. The number of nitrogens with two attached hydrogens (primary N) is 2. The van der Waals surface area contributed by atoms with E-state index in [1.165, 1.54) is 0 Å². The van der Waals surface area contributed by atoms with Crippen molar-refractivity contribution in [2.45, 2.75) is 6.42 Å². The molecule has 3 nitrogen and oxygen atoms in total. The summed E-state index contributed by atoms with van der Waals surface area (Å²) in [5.41, 5.74) is 11.7. The van der Waals surface area contributed by atoms with Crippen LogP contribution in [0.2, 0.25) is 5.02 Å². The molecule has 0 radical (unpaired) electrons. The van der Waals surface area contributed by atoms with Crippen molar-refractivity contribution < 1.29 is 4.79 Å². The summed E-state index contributed by atoms with van der Waals surface area (Å²) in [5, 5.41) is 0.417. The van der Waals surface area contributed by atoms with Gasteiger partial charge in [0.1, 0.15) is 0 Å². The quantitative estimate of drug-likeness (QED) is 0.759. The third-order valence-electron chi connectivity index (χ3n) is 1.76. The number of amides is 1. The number of carbonyl (C=O) groups excluding carboxylic acids is 1. The van der Waals surface area contributed by atoms with Crippen LogP contribution in [-0.2, 0) is 6.42 Å². The van der Waals surface area contributed by atoms with Gasteiger partial charge in [-0.2, -0.15) is 0 Å². The first-order valence-corrected chi connectivity index (χ1v) is 4.32. The van der Waals surface area contributed by atoms with Crippen molar-refractivity contribution in [3.8, 4) is 0 Å². The minimum Gasteiger partial charge on any atom is -0.366 e. The van der Waals surface area contributed by atoms with Crippen LogP contribution in [0, 0.1) is 0 Å². The van der Waals surface area contributed by atoms with Crippen molar-refractivity contribution >= 4 is 17.5 Å². The third-order valence-corrected chi connectivity index (χ3v) is 2.20. The number of hydrogen-bond donors (Lipinski definition) is 2. The van der Waals surface area contributed by atoms with Gasteiger partial charge < -0.3 is 11.5 Å². The largest absolute Gasteiger partial charge is 0.366 e. The number of primary amides is 1. The van der Waals surface area contributed by atoms with E-state index < -0.39 is 5.91 Å². The van der Waals surface area contributed by atoms with Crippen molar-refractivity contribution in [2.75, 3.05) is 6.54 Å². The van der Waals surface area contributed by atoms with E-state index in [1.807, 2.05) is 6.07 Å². The van der Waals surface area contributed by atoms with Gasteiger partial charge in [0.05, 0.1) is 10.6 Å². The smallest absolute Gasteiger partial charge is 0.250 e. The van der Waals surface area contributed by atoms with Crippen LogP contribution in [0.1, 0.15) is 15.9 Å². The van der Waals surface area contributed by atoms with Crippen molar-refractivity contribution in [2.24, 2.45) is 11.5 Å². The Morgan fingerprint density at radius 1 is 1.46 bits per heavy atom. The Balaban J connectivity index is 3.10. The molecule has 0 spiro atoms. The van der Waals surface area contributed by atoms with E-state index in [0.29, 0.717) is 23.6 Å². The van der Waals surface area contributed by atoms with E-state index in [9.17, 15) is 4.79 Å². The van der Waals surface area contributed by atoms with Gasteiger partial charge in [0, 0.05) is 0 Å². The monoisotopic (exact) mass is 198 g/mol. The maximum atomic E-state index is 10.9. The first-order chi connectivity index (χ1) is 6.16. The van der Waals surface area contributed by atoms with Crippen LogP contribution in [0.15, 0.2) is 18.2 Å². The van der Waals surface area contributed by atoms with Crippen LogP contribution in [-0.4, -0.2) is 12.5 Å². The highest BCUT2D eigenvalue weighted by molar-refractivity contribution is 6.34. The zero-order valence-electron chi connectivity index (χ0n) is 7.09. The highest BCUT2D eigenvalue weighted by Gasteiger charge is 2.09. The van der Waals surface area contributed by atoms with E-state index in [4.69, 9.17) is 23.1 Å². The van der Waals surface area contributed by atoms with E-state index >= 15 is 0 Å². The van der Waals surface area contributed by atoms with Crippen molar-refractivity contribution in [3.05, 3.63) is 34.3 Å². The van der Waals surface area contributed by atoms with Crippen LogP contribution in [0.4, 0.5) is 0 Å². The van der Waals surface area contributed by atoms with E-state index in [0.717, 1.165) is 5.56 Å². The lowest BCUT2D eigenvalue weighted by Gasteiger charge is -2.05. The molecule has 0 unspecified atom stereocenters. The lowest BCUT2D eigenvalue weighted by atomic mass is 10.1. The van der Waals surface area contributed by atoms with Crippen LogP contribution in [0.3, 0.4) is 0 Å². The van der Waals surface area contributed by atoms with Gasteiger partial charge in [0.15, 0.2) is 0 Å². The summed E-state index contributed by atoms with van der Waals surface area (Å²) in [7, 11) is 0. The molecular weight excluding hydrogens is 188 g/mol. The molecule has 0 aliphatic carbocycles. The standard InChI is InChI=1S/C9H11ClN2O/c10-8-6(4-5-11)2-1-3-7(8)9(12)13/h1-3H,4-5,11H2,(H2,12,13). The molecule has 70 valence electrons. The van der Waals surface area contributed by atoms with Crippen LogP contribution >= 0.6 is 11.6 Å². The fourth-order valence-corrected chi connectivity index (χ4v) is 1.43. The van der Waals surface area contributed by atoms with E-state index in [-0.39, 0.29) is 0 Å². The Hall–Kier alpha value is -1.06. The Morgan fingerprint density at radius 2 is 2.15 bits per heavy atom. The molecule has 1 amide bonds. The average Bonchev–Trinajstić information content (AvgIpc) is 2.08. The fourth-order valence-electron chi connectivity index (χ4n) is 1.12. The predicted octanol–water partition coefficient (Wildman–Crippen LogP) is 0.940. The molecule has 0 aliphatic rings. The minimum absolute atomic E-state index is 0.354. The van der Waals surface area contributed by atoms with Gasteiger partial charge in [-0.1, -0.05) is 23.7 Å². The molecule has 4 heteroatoms. The van der Waals surface area contributed by atoms with Gasteiger partial charge in [-0.3, -0.25) is 4.79 Å². The summed E-state index contributed by atoms with van der Waals surface area (Å²) < 4.78 is 0. The Morgan fingerprint density at radius 3 is 2.69 bits per heavy atom. The van der Waals surface area contributed by atoms with Crippen molar-refractivity contribution in [1.82, 2.24) is 0 Å². The lowest BCUT2D eigenvalue weighted by Crippen LogP contribution is -2.13. The van der Waals surface area contributed by atoms with Gasteiger partial charge >= 0.3 is 0 Å². The molecule has 4 N–H and O–H groups in total. The molecule has 0 aromatic heterocycles. The molecule has 1 aromatic carbocycles. The second kappa shape index (κ2) is 4.25. The zero-order chi connectivity index (χ0) is 9.84. The topological polar surface area (TPSA) is 69.1 Å². The lowest BCUT2D eigenvalue weighted by molar-refractivity contribution is 0.100. The number of rotatable bonds is 3. The molecule has 0 bridgehead atoms. The average molecular weight is 199 g/mol. The number of carbonyl (C=O) groups is 1. The summed E-state index contributed by atoms with van der Waals surface area (Å²) in [6, 6.07) is 5.18. The normalized spacial score (nSPS) is 10.0. The van der Waals surface area contributed by atoms with Crippen molar-refractivity contribution in [1.29, 1.82) is 0 Å². The number of benzene rings is 1. The minimum atomic E-state index is -0.510. The first kappa shape index (κ1) is 10.0. The highest BCUT2D eigenvalue weighted by Crippen LogP contribution is 2.20. The number of halogens is 1. The number of hydrogen-bond acceptors (Lipinski definition) is 2. The SMILES string of the molecule is NCCc1cccc(C(N)=O)c1Cl. The molecular formula is C9H11ClN2O. The Labute approximate surface area is 81.7 Å². The molecule has 1 rings (SSSR count). The molecule has 13 heavy (non-hydrogen) atoms. The zero-order valence-corrected chi connectivity index (χ0v) is 7.84. The van der Waals surface area contributed by atoms with Gasteiger partial charge in [-0.05, 0) is 24.6 Å². The summed E-state index contributed by atoms with van der Waals surface area (Å²) in [5.74, 6) is -0.510. The summed E-state index contributed by atoms with van der Waals surface area (Å²) in [4.78, 5) is 10.9. The highest BCUT2D eigenvalue weighted by atomic mass is 35.5. The second-order valence-electron chi connectivity index (χ2n) is 2.68. The van der Waals surface area contributed by atoms with E-state index in [1.54, 1.807) is 12.1 Å². The Kier molecular flexibility index (Phi) is 3.28. The van der Waals surface area contributed by atoms with Gasteiger partial charge in [-0.25, -0.2) is 0 Å². The molecule has 0 aliphatic heterocycles. The van der Waals surface area contributed by atoms with Crippen molar-refractivity contribution in [3.63, 3.8) is 0 Å². The molecule has 1 aromatic rings. The Bertz CT molecular complexity index is 325. The molecule has 0 saturated carbocycles. The molecule has 0 saturated heterocycles. The maximum absolute atomic E-state index is 10.9. The van der Waals surface area contributed by atoms with Crippen LogP contribution in [0.5, 0.6) is 0 Å². The first-order valence-electron chi connectivity index (χ1n) is 3.94. The van der Waals surface area contributed by atoms with E-state index in [2.05, 4.69) is 0 Å². The predicted molar refractivity (Wildman–Crippen MR) is 52.7 cm³/mol. The van der Waals surface area contributed by atoms with Gasteiger partial charge in [0.25, 0.3) is 0 Å². The molecule has 0 atom stereocenters. The summed E-state index contributed by atoms with van der Waals surface area (Å²) in [6.07, 6.45) is 0.653. The summed E-state index contributed by atoms with van der Waals surface area (Å²) >= 11 is 5.93. The third kappa shape index (κ3) is 2.20. The molecule has 0 fully saturated rings. The summed E-state index contributed by atoms with van der Waals surface area (Å²) in [6.45, 7) is 0.502. The van der Waals surface area contributed by atoms with Crippen LogP contribution in [0.25, 0.3) is 0 Å². The van der Waals surface area contributed by atoms with Gasteiger partial charge in [-0.15, -0.1) is 0 Å². The fraction of sp³-hybridized carbons (Fsp3) is 0.222. The van der Waals surface area contributed by atoms with Crippen LogP contribution < -0.4 is 11.5 Å².